The molecule has 0 N–H and O–H groups in total. The molecule has 0 radical (unpaired) electrons. The molecule has 2 heterocycles. The predicted octanol–water partition coefficient (Wildman–Crippen LogP) is 6.10. The highest BCUT2D eigenvalue weighted by molar-refractivity contribution is 8.18. The number of fused-ring (bicyclic) bond motifs is 1. The van der Waals surface area contributed by atoms with Gasteiger partial charge in [0.1, 0.15) is 12.4 Å². The molecule has 0 atom stereocenters. The van der Waals surface area contributed by atoms with Crippen LogP contribution >= 0.6 is 11.8 Å². The molecule has 0 aliphatic carbocycles. The number of rotatable bonds is 8. The molecule has 36 heavy (non-hydrogen) atoms. The Bertz CT molecular complexity index is 1460. The van der Waals surface area contributed by atoms with Crippen molar-refractivity contribution in [1.82, 2.24) is 9.47 Å². The minimum absolute atomic E-state index is 0.102. The number of benzene rings is 3. The van der Waals surface area contributed by atoms with Gasteiger partial charge in [0.05, 0.1) is 25.1 Å². The predicted molar refractivity (Wildman–Crippen MR) is 138 cm³/mol. The molecule has 6 nitrogen and oxygen atoms in total. The highest BCUT2D eigenvalue weighted by Gasteiger charge is 2.35. The molecular formula is C28H23FN2O4S. The number of hydrogen-bond donors (Lipinski definition) is 0. The lowest BCUT2D eigenvalue weighted by molar-refractivity contribution is -0.123. The maximum atomic E-state index is 13.2. The third-order valence-electron chi connectivity index (χ3n) is 5.89. The maximum Gasteiger partial charge on any atom is 0.293 e. The number of hydrogen-bond acceptors (Lipinski definition) is 5. The second-order valence-electron chi connectivity index (χ2n) is 8.19. The number of ether oxygens (including phenoxy) is 2. The van der Waals surface area contributed by atoms with E-state index in [4.69, 9.17) is 9.47 Å². The van der Waals surface area contributed by atoms with Crippen molar-refractivity contribution < 1.29 is 23.5 Å². The van der Waals surface area contributed by atoms with E-state index in [2.05, 4.69) is 4.57 Å². The van der Waals surface area contributed by atoms with E-state index in [0.29, 0.717) is 35.1 Å². The van der Waals surface area contributed by atoms with Gasteiger partial charge in [-0.1, -0.05) is 42.5 Å². The van der Waals surface area contributed by atoms with Crippen molar-refractivity contribution >= 4 is 39.9 Å². The smallest absolute Gasteiger partial charge is 0.293 e. The molecule has 3 aromatic carbocycles. The Labute approximate surface area is 211 Å². The number of methoxy groups -OCH3 is 1. The highest BCUT2D eigenvalue weighted by Crippen LogP contribution is 2.35. The largest absolute Gasteiger partial charge is 0.493 e. The molecule has 0 saturated carbocycles. The molecule has 5 rings (SSSR count). The summed E-state index contributed by atoms with van der Waals surface area (Å²) in [6, 6.07) is 21.2. The summed E-state index contributed by atoms with van der Waals surface area (Å²) in [5.41, 5.74) is 2.53. The van der Waals surface area contributed by atoms with Crippen molar-refractivity contribution in [2.24, 2.45) is 0 Å². The highest BCUT2D eigenvalue weighted by atomic mass is 32.2. The van der Waals surface area contributed by atoms with E-state index in [1.165, 1.54) is 17.0 Å². The Morgan fingerprint density at radius 1 is 0.944 bits per heavy atom. The van der Waals surface area contributed by atoms with Crippen molar-refractivity contribution in [3.05, 3.63) is 101 Å². The summed E-state index contributed by atoms with van der Waals surface area (Å²) in [6.07, 6.45) is 3.72. The number of carbonyl (C=O) groups is 2. The molecular weight excluding hydrogens is 479 g/mol. The van der Waals surface area contributed by atoms with Gasteiger partial charge in [-0.2, -0.15) is 0 Å². The zero-order valence-electron chi connectivity index (χ0n) is 19.5. The minimum Gasteiger partial charge on any atom is -0.493 e. The van der Waals surface area contributed by atoms with Gasteiger partial charge in [-0.3, -0.25) is 14.5 Å². The quantitative estimate of drug-likeness (QED) is 0.272. The Hall–Kier alpha value is -4.04. The third kappa shape index (κ3) is 4.85. The average Bonchev–Trinajstić information content (AvgIpc) is 3.37. The minimum atomic E-state index is -0.363. The number of thioether (sulfide) groups is 1. The number of carbonyl (C=O) groups excluding carboxylic acids is 2. The van der Waals surface area contributed by atoms with E-state index >= 15 is 0 Å². The Morgan fingerprint density at radius 2 is 1.67 bits per heavy atom. The Morgan fingerprint density at radius 3 is 2.44 bits per heavy atom. The van der Waals surface area contributed by atoms with Crippen LogP contribution < -0.4 is 9.47 Å². The summed E-state index contributed by atoms with van der Waals surface area (Å²) in [5.74, 6) is 0.626. The molecule has 0 spiro atoms. The van der Waals surface area contributed by atoms with Gasteiger partial charge >= 0.3 is 0 Å². The van der Waals surface area contributed by atoms with Crippen LogP contribution in [0, 0.1) is 5.82 Å². The van der Waals surface area contributed by atoms with Crippen LogP contribution in [0.15, 0.2) is 83.9 Å². The van der Waals surface area contributed by atoms with Crippen molar-refractivity contribution in [2.75, 3.05) is 13.7 Å². The number of imide groups is 1. The number of aromatic nitrogens is 1. The van der Waals surface area contributed by atoms with E-state index in [1.807, 2.05) is 54.7 Å². The lowest BCUT2D eigenvalue weighted by atomic mass is 10.1. The standard InChI is InChI=1S/C28H23FN2O4S/c1-34-24-8-4-5-9-25(24)35-15-14-30-18-20(22-6-2-3-7-23(22)30)16-26-27(32)31(28(33)36-26)17-19-10-12-21(29)13-11-19/h2-13,16,18H,14-15,17H2,1H3/b26-16-. The second-order valence-corrected chi connectivity index (χ2v) is 9.18. The number of halogens is 1. The van der Waals surface area contributed by atoms with E-state index in [9.17, 15) is 14.0 Å². The van der Waals surface area contributed by atoms with Crippen molar-refractivity contribution in [2.45, 2.75) is 13.1 Å². The first kappa shape index (κ1) is 23.7. The van der Waals surface area contributed by atoms with Gasteiger partial charge < -0.3 is 14.0 Å². The van der Waals surface area contributed by atoms with Crippen molar-refractivity contribution in [3.63, 3.8) is 0 Å². The van der Waals surface area contributed by atoms with Gasteiger partial charge in [0.2, 0.25) is 0 Å². The number of amides is 2. The van der Waals surface area contributed by atoms with Gasteiger partial charge in [0.15, 0.2) is 11.5 Å². The van der Waals surface area contributed by atoms with Gasteiger partial charge in [-0.05, 0) is 53.7 Å². The fourth-order valence-corrected chi connectivity index (χ4v) is 4.95. The van der Waals surface area contributed by atoms with Gasteiger partial charge in [0.25, 0.3) is 11.1 Å². The summed E-state index contributed by atoms with van der Waals surface area (Å²) in [4.78, 5) is 27.1. The van der Waals surface area contributed by atoms with Crippen LogP contribution in [0.3, 0.4) is 0 Å². The van der Waals surface area contributed by atoms with Crippen LogP contribution in [0.5, 0.6) is 11.5 Å². The van der Waals surface area contributed by atoms with Gasteiger partial charge in [-0.15, -0.1) is 0 Å². The lowest BCUT2D eigenvalue weighted by Gasteiger charge is -2.12. The van der Waals surface area contributed by atoms with Gasteiger partial charge in [0, 0.05) is 22.7 Å². The van der Waals surface area contributed by atoms with Crippen LogP contribution in [0.25, 0.3) is 17.0 Å². The average molecular weight is 503 g/mol. The van der Waals surface area contributed by atoms with Crippen molar-refractivity contribution in [3.8, 4) is 11.5 Å². The monoisotopic (exact) mass is 502 g/mol. The van der Waals surface area contributed by atoms with Crippen LogP contribution in [-0.2, 0) is 17.9 Å². The third-order valence-corrected chi connectivity index (χ3v) is 6.80. The SMILES string of the molecule is COc1ccccc1OCCn1cc(/C=C2\SC(=O)N(Cc3ccc(F)cc3)C2=O)c2ccccc21. The first-order chi connectivity index (χ1) is 17.5. The van der Waals surface area contributed by atoms with Crippen LogP contribution in [-0.4, -0.2) is 34.3 Å². The fourth-order valence-electron chi connectivity index (χ4n) is 4.12. The van der Waals surface area contributed by atoms with Crippen LogP contribution in [0.1, 0.15) is 11.1 Å². The number of nitrogens with zero attached hydrogens (tertiary/aromatic N) is 2. The summed E-state index contributed by atoms with van der Waals surface area (Å²) in [5, 5.41) is 0.629. The summed E-state index contributed by atoms with van der Waals surface area (Å²) in [7, 11) is 1.61. The molecule has 182 valence electrons. The maximum absolute atomic E-state index is 13.2. The summed E-state index contributed by atoms with van der Waals surface area (Å²) in [6.45, 7) is 1.11. The molecule has 1 aromatic heterocycles. The second kappa shape index (κ2) is 10.3. The van der Waals surface area contributed by atoms with E-state index in [1.54, 1.807) is 25.3 Å². The zero-order valence-corrected chi connectivity index (χ0v) is 20.3. The topological polar surface area (TPSA) is 60.8 Å². The van der Waals surface area contributed by atoms with Crippen molar-refractivity contribution in [1.29, 1.82) is 0 Å². The molecule has 4 aromatic rings. The number of para-hydroxylation sites is 3. The van der Waals surface area contributed by atoms with Gasteiger partial charge in [-0.25, -0.2) is 4.39 Å². The molecule has 1 aliphatic heterocycles. The molecule has 2 amide bonds. The zero-order chi connectivity index (χ0) is 25.1. The Kier molecular flexibility index (Phi) is 6.77. The molecule has 1 aliphatic rings. The lowest BCUT2D eigenvalue weighted by Crippen LogP contribution is -2.27. The Balaban J connectivity index is 1.35. The van der Waals surface area contributed by atoms with E-state index < -0.39 is 0 Å². The van der Waals surface area contributed by atoms with Crippen LogP contribution in [0.2, 0.25) is 0 Å². The molecule has 1 fully saturated rings. The normalized spacial score (nSPS) is 14.7. The molecule has 1 saturated heterocycles. The summed E-state index contributed by atoms with van der Waals surface area (Å²) < 4.78 is 26.6. The first-order valence-electron chi connectivity index (χ1n) is 11.4. The molecule has 0 bridgehead atoms. The fraction of sp³-hybridized carbons (Fsp3) is 0.143. The first-order valence-corrected chi connectivity index (χ1v) is 12.2. The summed E-state index contributed by atoms with van der Waals surface area (Å²) >= 11 is 0.913. The van der Waals surface area contributed by atoms with E-state index in [0.717, 1.165) is 28.2 Å². The molecule has 0 unspecified atom stereocenters. The van der Waals surface area contributed by atoms with E-state index in [-0.39, 0.29) is 23.5 Å². The van der Waals surface area contributed by atoms with Crippen LogP contribution in [0.4, 0.5) is 9.18 Å². The molecule has 8 heteroatoms.